The lowest BCUT2D eigenvalue weighted by Gasteiger charge is -2.09. The van der Waals surface area contributed by atoms with Gasteiger partial charge in [0.25, 0.3) is 0 Å². The number of halogens is 1. The molecule has 1 heterocycles. The number of nitrogens with two attached hydrogens (primary N) is 1. The van der Waals surface area contributed by atoms with Crippen molar-refractivity contribution in [2.45, 2.75) is 0 Å². The predicted octanol–water partition coefficient (Wildman–Crippen LogP) is 3.38. The van der Waals surface area contributed by atoms with Gasteiger partial charge in [-0.2, -0.15) is 0 Å². The standard InChI is InChI=1S/C14H12BrN3O/c1-19-11-7-9(15)6-10(8-11)18-13-5-3-2-4-12(13)17-14(18)16/h2-8H,1H3,(H2,16,17). The Labute approximate surface area is 118 Å². The lowest BCUT2D eigenvalue weighted by atomic mass is 10.2. The number of anilines is 1. The van der Waals surface area contributed by atoms with Crippen LogP contribution in [0.2, 0.25) is 0 Å². The lowest BCUT2D eigenvalue weighted by Crippen LogP contribution is -2.01. The van der Waals surface area contributed by atoms with Gasteiger partial charge in [0.2, 0.25) is 5.95 Å². The van der Waals surface area contributed by atoms with Gasteiger partial charge in [-0.05, 0) is 24.3 Å². The van der Waals surface area contributed by atoms with Gasteiger partial charge in [-0.25, -0.2) is 4.98 Å². The highest BCUT2D eigenvalue weighted by Gasteiger charge is 2.10. The molecule has 0 aliphatic heterocycles. The Kier molecular flexibility index (Phi) is 2.91. The summed E-state index contributed by atoms with van der Waals surface area (Å²) in [5.41, 5.74) is 8.78. The first kappa shape index (κ1) is 12.0. The van der Waals surface area contributed by atoms with E-state index in [4.69, 9.17) is 10.5 Å². The molecule has 0 amide bonds. The minimum Gasteiger partial charge on any atom is -0.497 e. The number of methoxy groups -OCH3 is 1. The number of rotatable bonds is 2. The van der Waals surface area contributed by atoms with Crippen LogP contribution in [0.25, 0.3) is 16.7 Å². The molecule has 0 saturated carbocycles. The third-order valence-electron chi connectivity index (χ3n) is 2.94. The minimum absolute atomic E-state index is 0.460. The number of hydrogen-bond acceptors (Lipinski definition) is 3. The quantitative estimate of drug-likeness (QED) is 0.788. The van der Waals surface area contributed by atoms with Crippen LogP contribution in [0, 0.1) is 0 Å². The van der Waals surface area contributed by atoms with E-state index in [-0.39, 0.29) is 0 Å². The number of hydrogen-bond donors (Lipinski definition) is 1. The number of imidazole rings is 1. The maximum absolute atomic E-state index is 6.02. The van der Waals surface area contributed by atoms with Crippen molar-refractivity contribution in [1.29, 1.82) is 0 Å². The zero-order valence-corrected chi connectivity index (χ0v) is 11.9. The van der Waals surface area contributed by atoms with E-state index >= 15 is 0 Å². The SMILES string of the molecule is COc1cc(Br)cc(-n2c(N)nc3ccccc32)c1. The topological polar surface area (TPSA) is 53.1 Å². The van der Waals surface area contributed by atoms with Crippen LogP contribution in [-0.2, 0) is 0 Å². The molecule has 0 spiro atoms. The molecule has 96 valence electrons. The molecule has 0 aliphatic carbocycles. The van der Waals surface area contributed by atoms with Gasteiger partial charge in [-0.3, -0.25) is 4.57 Å². The van der Waals surface area contributed by atoms with Gasteiger partial charge in [-0.15, -0.1) is 0 Å². The summed E-state index contributed by atoms with van der Waals surface area (Å²) in [5, 5.41) is 0. The van der Waals surface area contributed by atoms with E-state index in [9.17, 15) is 0 Å². The molecular weight excluding hydrogens is 306 g/mol. The summed E-state index contributed by atoms with van der Waals surface area (Å²) < 4.78 is 8.12. The van der Waals surface area contributed by atoms with Crippen LogP contribution in [0.3, 0.4) is 0 Å². The highest BCUT2D eigenvalue weighted by molar-refractivity contribution is 9.10. The van der Waals surface area contributed by atoms with Gasteiger partial charge in [0, 0.05) is 10.5 Å². The average molecular weight is 318 g/mol. The third-order valence-corrected chi connectivity index (χ3v) is 3.39. The van der Waals surface area contributed by atoms with Gasteiger partial charge in [0.05, 0.1) is 23.8 Å². The smallest absolute Gasteiger partial charge is 0.205 e. The van der Waals surface area contributed by atoms with Gasteiger partial charge >= 0.3 is 0 Å². The molecule has 1 aromatic heterocycles. The molecule has 0 fully saturated rings. The number of ether oxygens (including phenoxy) is 1. The molecule has 19 heavy (non-hydrogen) atoms. The molecule has 3 rings (SSSR count). The van der Waals surface area contributed by atoms with Gasteiger partial charge in [-0.1, -0.05) is 28.1 Å². The van der Waals surface area contributed by atoms with Crippen LogP contribution >= 0.6 is 15.9 Å². The zero-order valence-electron chi connectivity index (χ0n) is 10.3. The summed E-state index contributed by atoms with van der Waals surface area (Å²) in [5.74, 6) is 1.22. The van der Waals surface area contributed by atoms with Crippen molar-refractivity contribution in [3.8, 4) is 11.4 Å². The number of nitrogens with zero attached hydrogens (tertiary/aromatic N) is 2. The molecule has 0 aliphatic rings. The summed E-state index contributed by atoms with van der Waals surface area (Å²) >= 11 is 3.47. The molecule has 0 radical (unpaired) electrons. The van der Waals surface area contributed by atoms with Crippen molar-refractivity contribution < 1.29 is 4.74 Å². The highest BCUT2D eigenvalue weighted by atomic mass is 79.9. The Morgan fingerprint density at radius 2 is 2.00 bits per heavy atom. The van der Waals surface area contributed by atoms with Crippen molar-refractivity contribution in [3.05, 3.63) is 46.9 Å². The molecule has 0 atom stereocenters. The summed E-state index contributed by atoms with van der Waals surface area (Å²) in [7, 11) is 1.64. The Hall–Kier alpha value is -2.01. The molecule has 0 bridgehead atoms. The van der Waals surface area contributed by atoms with E-state index in [2.05, 4.69) is 20.9 Å². The number of aromatic nitrogens is 2. The van der Waals surface area contributed by atoms with E-state index in [0.29, 0.717) is 5.95 Å². The van der Waals surface area contributed by atoms with Crippen LogP contribution in [-0.4, -0.2) is 16.7 Å². The number of fused-ring (bicyclic) bond motifs is 1. The predicted molar refractivity (Wildman–Crippen MR) is 79.7 cm³/mol. The first-order valence-corrected chi connectivity index (χ1v) is 6.56. The van der Waals surface area contributed by atoms with Crippen molar-refractivity contribution in [2.24, 2.45) is 0 Å². The van der Waals surface area contributed by atoms with Crippen LogP contribution in [0.15, 0.2) is 46.9 Å². The van der Waals surface area contributed by atoms with Crippen LogP contribution in [0.5, 0.6) is 5.75 Å². The zero-order chi connectivity index (χ0) is 13.4. The van der Waals surface area contributed by atoms with Crippen molar-refractivity contribution in [2.75, 3.05) is 12.8 Å². The molecule has 2 N–H and O–H groups in total. The fourth-order valence-electron chi connectivity index (χ4n) is 2.11. The molecule has 4 nitrogen and oxygen atoms in total. The molecule has 0 saturated heterocycles. The minimum atomic E-state index is 0.460. The molecule has 5 heteroatoms. The summed E-state index contributed by atoms with van der Waals surface area (Å²) in [6.07, 6.45) is 0. The highest BCUT2D eigenvalue weighted by Crippen LogP contribution is 2.28. The maximum atomic E-state index is 6.02. The maximum Gasteiger partial charge on any atom is 0.205 e. The van der Waals surface area contributed by atoms with Crippen LogP contribution in [0.4, 0.5) is 5.95 Å². The van der Waals surface area contributed by atoms with E-state index < -0.39 is 0 Å². The average Bonchev–Trinajstić information content (AvgIpc) is 2.73. The second-order valence-electron chi connectivity index (χ2n) is 4.14. The lowest BCUT2D eigenvalue weighted by molar-refractivity contribution is 0.414. The molecular formula is C14H12BrN3O. The first-order valence-electron chi connectivity index (χ1n) is 5.77. The van der Waals surface area contributed by atoms with Gasteiger partial charge in [0.15, 0.2) is 0 Å². The van der Waals surface area contributed by atoms with Crippen LogP contribution in [0.1, 0.15) is 0 Å². The fraction of sp³-hybridized carbons (Fsp3) is 0.0714. The summed E-state index contributed by atoms with van der Waals surface area (Å²) in [4.78, 5) is 4.36. The van der Waals surface area contributed by atoms with Gasteiger partial charge in [0.1, 0.15) is 5.75 Å². The monoisotopic (exact) mass is 317 g/mol. The van der Waals surface area contributed by atoms with E-state index in [1.54, 1.807) is 7.11 Å². The van der Waals surface area contributed by atoms with E-state index in [1.165, 1.54) is 0 Å². The Bertz CT molecular complexity index is 752. The van der Waals surface area contributed by atoms with Crippen molar-refractivity contribution >= 4 is 32.9 Å². The number of para-hydroxylation sites is 2. The molecule has 0 unspecified atom stereocenters. The second kappa shape index (κ2) is 4.59. The summed E-state index contributed by atoms with van der Waals surface area (Å²) in [6, 6.07) is 13.7. The van der Waals surface area contributed by atoms with E-state index in [0.717, 1.165) is 26.9 Å². The molecule has 3 aromatic rings. The number of nitrogen functional groups attached to an aromatic ring is 1. The van der Waals surface area contributed by atoms with Crippen molar-refractivity contribution in [1.82, 2.24) is 9.55 Å². The molecule has 2 aromatic carbocycles. The Morgan fingerprint density at radius 1 is 1.21 bits per heavy atom. The fourth-order valence-corrected chi connectivity index (χ4v) is 2.57. The summed E-state index contributed by atoms with van der Waals surface area (Å²) in [6.45, 7) is 0. The first-order chi connectivity index (χ1) is 9.19. The Morgan fingerprint density at radius 3 is 2.79 bits per heavy atom. The second-order valence-corrected chi connectivity index (χ2v) is 5.06. The van der Waals surface area contributed by atoms with E-state index in [1.807, 2.05) is 47.0 Å². The third kappa shape index (κ3) is 2.06. The number of benzene rings is 2. The normalized spacial score (nSPS) is 10.8. The van der Waals surface area contributed by atoms with Gasteiger partial charge < -0.3 is 10.5 Å². The largest absolute Gasteiger partial charge is 0.497 e. The Balaban J connectivity index is 2.29. The van der Waals surface area contributed by atoms with Crippen LogP contribution < -0.4 is 10.5 Å². The van der Waals surface area contributed by atoms with Crippen molar-refractivity contribution in [3.63, 3.8) is 0 Å².